The molecule has 0 aliphatic carbocycles. The number of aryl methyl sites for hydroxylation is 2. The van der Waals surface area contributed by atoms with E-state index < -0.39 is 0 Å². The first-order valence-corrected chi connectivity index (χ1v) is 9.70. The molecule has 2 aromatic carbocycles. The van der Waals surface area contributed by atoms with E-state index >= 15 is 0 Å². The number of nitrogens with zero attached hydrogens (tertiary/aromatic N) is 1. The molecule has 0 bridgehead atoms. The van der Waals surface area contributed by atoms with E-state index in [-0.39, 0.29) is 11.2 Å². The first-order chi connectivity index (χ1) is 12.5. The lowest BCUT2D eigenvalue weighted by molar-refractivity contribution is -0.113. The van der Waals surface area contributed by atoms with Gasteiger partial charge in [0, 0.05) is 5.02 Å². The van der Waals surface area contributed by atoms with Gasteiger partial charge in [0.05, 0.1) is 28.1 Å². The molecule has 3 aromatic rings. The van der Waals surface area contributed by atoms with Crippen molar-refractivity contribution in [3.8, 4) is 0 Å². The van der Waals surface area contributed by atoms with Gasteiger partial charge in [0.25, 0.3) is 0 Å². The molecular formula is C20H20ClN3OS. The Balaban J connectivity index is 1.74. The molecule has 0 aliphatic heterocycles. The number of carbonyl (C=O) groups is 1. The Morgan fingerprint density at radius 2 is 1.77 bits per heavy atom. The van der Waals surface area contributed by atoms with Crippen LogP contribution in [0.15, 0.2) is 54.6 Å². The van der Waals surface area contributed by atoms with Crippen molar-refractivity contribution in [2.24, 2.45) is 0 Å². The van der Waals surface area contributed by atoms with Crippen LogP contribution in [0.5, 0.6) is 0 Å². The Hall–Kier alpha value is -2.24. The van der Waals surface area contributed by atoms with Crippen LogP contribution in [0.4, 0.5) is 5.69 Å². The number of carbonyl (C=O) groups excluding carboxylic acids is 1. The highest BCUT2D eigenvalue weighted by Crippen LogP contribution is 2.36. The topological polar surface area (TPSA) is 57.8 Å². The maximum atomic E-state index is 12.4. The van der Waals surface area contributed by atoms with Crippen LogP contribution >= 0.6 is 23.4 Å². The number of H-pyrrole nitrogens is 1. The minimum Gasteiger partial charge on any atom is -0.322 e. The number of rotatable bonds is 6. The zero-order valence-corrected chi connectivity index (χ0v) is 16.2. The smallest absolute Gasteiger partial charge is 0.234 e. The molecule has 0 saturated heterocycles. The summed E-state index contributed by atoms with van der Waals surface area (Å²) in [6.07, 6.45) is 0. The van der Waals surface area contributed by atoms with E-state index in [2.05, 4.69) is 27.6 Å². The van der Waals surface area contributed by atoms with Gasteiger partial charge in [0.15, 0.2) is 0 Å². The van der Waals surface area contributed by atoms with Crippen molar-refractivity contribution >= 4 is 35.0 Å². The van der Waals surface area contributed by atoms with Crippen LogP contribution in [0, 0.1) is 13.8 Å². The van der Waals surface area contributed by atoms with E-state index in [0.29, 0.717) is 10.8 Å². The summed E-state index contributed by atoms with van der Waals surface area (Å²) in [4.78, 5) is 12.4. The SMILES string of the molecule is Cc1n[nH]c(C)c1NC(=O)CSC(c1ccccc1)c1ccc(Cl)cc1. The van der Waals surface area contributed by atoms with E-state index in [9.17, 15) is 4.79 Å². The van der Waals surface area contributed by atoms with E-state index in [1.54, 1.807) is 11.8 Å². The highest BCUT2D eigenvalue weighted by Gasteiger charge is 2.17. The lowest BCUT2D eigenvalue weighted by Crippen LogP contribution is -2.16. The monoisotopic (exact) mass is 385 g/mol. The third-order valence-corrected chi connectivity index (χ3v) is 5.61. The number of aromatic nitrogens is 2. The van der Waals surface area contributed by atoms with Crippen LogP contribution in [0.3, 0.4) is 0 Å². The number of thioether (sulfide) groups is 1. The molecule has 1 atom stereocenters. The summed E-state index contributed by atoms with van der Waals surface area (Å²) in [6, 6.07) is 17.9. The molecule has 134 valence electrons. The number of anilines is 1. The first-order valence-electron chi connectivity index (χ1n) is 8.28. The number of hydrogen-bond donors (Lipinski definition) is 2. The molecule has 1 unspecified atom stereocenters. The fourth-order valence-electron chi connectivity index (χ4n) is 2.72. The van der Waals surface area contributed by atoms with Gasteiger partial charge in [0.2, 0.25) is 5.91 Å². The van der Waals surface area contributed by atoms with Gasteiger partial charge in [-0.2, -0.15) is 5.10 Å². The zero-order valence-electron chi connectivity index (χ0n) is 14.6. The second-order valence-electron chi connectivity index (χ2n) is 6.01. The summed E-state index contributed by atoms with van der Waals surface area (Å²) < 4.78 is 0. The average molecular weight is 386 g/mol. The van der Waals surface area contributed by atoms with Gasteiger partial charge < -0.3 is 5.32 Å². The van der Waals surface area contributed by atoms with E-state index in [0.717, 1.165) is 28.2 Å². The van der Waals surface area contributed by atoms with Crippen molar-refractivity contribution in [2.75, 3.05) is 11.1 Å². The molecule has 1 heterocycles. The number of nitrogens with one attached hydrogen (secondary N) is 2. The predicted octanol–water partition coefficient (Wildman–Crippen LogP) is 5.14. The second kappa shape index (κ2) is 8.43. The van der Waals surface area contributed by atoms with Crippen LogP contribution < -0.4 is 5.32 Å². The number of aromatic amines is 1. The van der Waals surface area contributed by atoms with Crippen molar-refractivity contribution in [2.45, 2.75) is 19.1 Å². The van der Waals surface area contributed by atoms with E-state index in [1.165, 1.54) is 0 Å². The largest absolute Gasteiger partial charge is 0.322 e. The van der Waals surface area contributed by atoms with Crippen LogP contribution in [0.25, 0.3) is 0 Å². The molecule has 4 nitrogen and oxygen atoms in total. The van der Waals surface area contributed by atoms with Crippen LogP contribution in [0.2, 0.25) is 5.02 Å². The molecule has 3 rings (SSSR count). The van der Waals surface area contributed by atoms with Gasteiger partial charge in [0.1, 0.15) is 0 Å². The number of hydrogen-bond acceptors (Lipinski definition) is 3. The van der Waals surface area contributed by atoms with Gasteiger partial charge >= 0.3 is 0 Å². The maximum Gasteiger partial charge on any atom is 0.234 e. The lowest BCUT2D eigenvalue weighted by atomic mass is 10.0. The van der Waals surface area contributed by atoms with Gasteiger partial charge in [-0.15, -0.1) is 11.8 Å². The number of amides is 1. The summed E-state index contributed by atoms with van der Waals surface area (Å²) in [7, 11) is 0. The number of halogens is 1. The molecule has 6 heteroatoms. The number of benzene rings is 2. The fourth-order valence-corrected chi connectivity index (χ4v) is 3.94. The fraction of sp³-hybridized carbons (Fsp3) is 0.200. The normalized spacial score (nSPS) is 12.0. The Kier molecular flexibility index (Phi) is 6.01. The minimum atomic E-state index is -0.0440. The molecule has 1 amide bonds. The van der Waals surface area contributed by atoms with Gasteiger partial charge in [-0.05, 0) is 37.1 Å². The first kappa shape index (κ1) is 18.5. The lowest BCUT2D eigenvalue weighted by Gasteiger charge is -2.18. The Morgan fingerprint density at radius 3 is 2.38 bits per heavy atom. The summed E-state index contributed by atoms with van der Waals surface area (Å²) in [5.74, 6) is 0.296. The molecule has 1 aromatic heterocycles. The molecular weight excluding hydrogens is 366 g/mol. The van der Waals surface area contributed by atoms with E-state index in [1.807, 2.05) is 56.3 Å². The molecule has 0 aliphatic rings. The summed E-state index contributed by atoms with van der Waals surface area (Å²) in [5, 5.41) is 10.7. The van der Waals surface area contributed by atoms with Gasteiger partial charge in [-0.3, -0.25) is 9.89 Å². The highest BCUT2D eigenvalue weighted by molar-refractivity contribution is 8.00. The third kappa shape index (κ3) is 4.48. The van der Waals surface area contributed by atoms with Crippen molar-refractivity contribution in [1.29, 1.82) is 0 Å². The molecule has 0 spiro atoms. The zero-order chi connectivity index (χ0) is 18.5. The van der Waals surface area contributed by atoms with Crippen molar-refractivity contribution in [3.63, 3.8) is 0 Å². The molecule has 0 saturated carbocycles. The second-order valence-corrected chi connectivity index (χ2v) is 7.54. The van der Waals surface area contributed by atoms with Crippen molar-refractivity contribution < 1.29 is 4.79 Å². The van der Waals surface area contributed by atoms with E-state index in [4.69, 9.17) is 11.6 Å². The molecule has 26 heavy (non-hydrogen) atoms. The van der Waals surface area contributed by atoms with Crippen LogP contribution in [-0.4, -0.2) is 21.9 Å². The standard InChI is InChI=1S/C20H20ClN3OS/c1-13-19(14(2)24-23-13)22-18(25)12-26-20(15-6-4-3-5-7-15)16-8-10-17(21)11-9-16/h3-11,20H,12H2,1-2H3,(H,22,25)(H,23,24). The van der Waals surface area contributed by atoms with Crippen LogP contribution in [0.1, 0.15) is 27.8 Å². The predicted molar refractivity (Wildman–Crippen MR) is 109 cm³/mol. The van der Waals surface area contributed by atoms with Crippen molar-refractivity contribution in [3.05, 3.63) is 82.1 Å². The third-order valence-electron chi connectivity index (χ3n) is 4.05. The Labute approximate surface area is 162 Å². The summed E-state index contributed by atoms with van der Waals surface area (Å²) in [6.45, 7) is 3.76. The molecule has 0 radical (unpaired) electrons. The molecule has 0 fully saturated rings. The minimum absolute atomic E-state index is 0.0440. The molecule has 2 N–H and O–H groups in total. The average Bonchev–Trinajstić information content (AvgIpc) is 2.96. The summed E-state index contributed by atoms with van der Waals surface area (Å²) >= 11 is 7.61. The Morgan fingerprint density at radius 1 is 1.12 bits per heavy atom. The van der Waals surface area contributed by atoms with Crippen LogP contribution in [-0.2, 0) is 4.79 Å². The van der Waals surface area contributed by atoms with Crippen molar-refractivity contribution in [1.82, 2.24) is 10.2 Å². The van der Waals surface area contributed by atoms with Gasteiger partial charge in [-0.1, -0.05) is 54.1 Å². The summed E-state index contributed by atoms with van der Waals surface area (Å²) in [5.41, 5.74) is 4.69. The van der Waals surface area contributed by atoms with Gasteiger partial charge in [-0.25, -0.2) is 0 Å². The maximum absolute atomic E-state index is 12.4. The Bertz CT molecular complexity index is 858. The highest BCUT2D eigenvalue weighted by atomic mass is 35.5. The quantitative estimate of drug-likeness (QED) is 0.617.